The number of benzene rings is 8. The van der Waals surface area contributed by atoms with E-state index in [9.17, 15) is 0 Å². The molecular weight excluding hydrogens is 697 g/mol. The molecule has 268 valence electrons. The van der Waals surface area contributed by atoms with Crippen molar-refractivity contribution in [1.29, 1.82) is 0 Å². The second kappa shape index (κ2) is 13.6. The first-order chi connectivity index (χ1) is 28.2. The average Bonchev–Trinajstić information content (AvgIpc) is 3.74. The fraction of sp³-hybridized carbons (Fsp3) is 0.0192. The van der Waals surface area contributed by atoms with Crippen LogP contribution >= 0.6 is 0 Å². The van der Waals surface area contributed by atoms with E-state index in [-0.39, 0.29) is 6.23 Å². The molecule has 0 saturated heterocycles. The van der Waals surface area contributed by atoms with E-state index in [0.717, 1.165) is 89.1 Å². The quantitative estimate of drug-likeness (QED) is 0.173. The van der Waals surface area contributed by atoms with E-state index in [0.29, 0.717) is 5.82 Å². The third-order valence-corrected chi connectivity index (χ3v) is 10.9. The lowest BCUT2D eigenvalue weighted by atomic mass is 9.95. The number of nitrogens with one attached hydrogen (secondary N) is 1. The molecule has 1 N–H and O–H groups in total. The molecule has 0 saturated carbocycles. The molecule has 1 unspecified atom stereocenters. The van der Waals surface area contributed by atoms with Crippen molar-refractivity contribution in [3.63, 3.8) is 0 Å². The van der Waals surface area contributed by atoms with Crippen molar-refractivity contribution in [3.8, 4) is 62.0 Å². The molecule has 11 rings (SSSR count). The summed E-state index contributed by atoms with van der Waals surface area (Å²) in [5.74, 6) is 1.54. The number of hydrogen-bond acceptors (Lipinski definition) is 5. The number of nitrogens with zero attached hydrogens (tertiary/aromatic N) is 3. The lowest BCUT2D eigenvalue weighted by Gasteiger charge is -2.15. The normalized spacial score (nSPS) is 13.4. The summed E-state index contributed by atoms with van der Waals surface area (Å²) in [6.07, 6.45) is -0.278. The Hall–Kier alpha value is -7.63. The summed E-state index contributed by atoms with van der Waals surface area (Å²) in [5.41, 5.74) is 12.0. The van der Waals surface area contributed by atoms with Gasteiger partial charge in [-0.2, -0.15) is 0 Å². The molecule has 0 amide bonds. The molecule has 2 aromatic heterocycles. The highest BCUT2D eigenvalue weighted by Crippen LogP contribution is 2.47. The van der Waals surface area contributed by atoms with Crippen LogP contribution in [0.5, 0.6) is 5.75 Å². The number of aromatic nitrogens is 3. The van der Waals surface area contributed by atoms with Gasteiger partial charge in [0.1, 0.15) is 5.75 Å². The summed E-state index contributed by atoms with van der Waals surface area (Å²) in [7, 11) is 0. The minimum atomic E-state index is -0.278. The van der Waals surface area contributed by atoms with Gasteiger partial charge < -0.3 is 10.1 Å². The molecule has 1 aliphatic rings. The Balaban J connectivity index is 1.03. The molecule has 57 heavy (non-hydrogen) atoms. The zero-order valence-electron chi connectivity index (χ0n) is 30.8. The lowest BCUT2D eigenvalue weighted by molar-refractivity contribution is 0.260. The van der Waals surface area contributed by atoms with Crippen molar-refractivity contribution in [2.75, 3.05) is 5.32 Å². The summed E-state index contributed by atoms with van der Waals surface area (Å²) in [5, 5.41) is 9.36. The third kappa shape index (κ3) is 5.94. The van der Waals surface area contributed by atoms with Crippen LogP contribution in [0.1, 0.15) is 11.8 Å². The zero-order chi connectivity index (χ0) is 37.7. The van der Waals surface area contributed by atoms with Crippen LogP contribution in [0.4, 0.5) is 5.69 Å². The smallest absolute Gasteiger partial charge is 0.196 e. The second-order valence-electron chi connectivity index (χ2n) is 14.4. The highest BCUT2D eigenvalue weighted by atomic mass is 16.5. The van der Waals surface area contributed by atoms with Crippen LogP contribution < -0.4 is 10.1 Å². The van der Waals surface area contributed by atoms with Crippen molar-refractivity contribution in [1.82, 2.24) is 15.0 Å². The molecule has 5 nitrogen and oxygen atoms in total. The molecular formula is C52H34N4O. The fourth-order valence-electron chi connectivity index (χ4n) is 8.02. The lowest BCUT2D eigenvalue weighted by Crippen LogP contribution is -2.09. The van der Waals surface area contributed by atoms with Gasteiger partial charge in [0.15, 0.2) is 12.1 Å². The Morgan fingerprint density at radius 2 is 1.02 bits per heavy atom. The van der Waals surface area contributed by atoms with E-state index in [1.54, 1.807) is 0 Å². The molecule has 8 aromatic carbocycles. The van der Waals surface area contributed by atoms with Gasteiger partial charge >= 0.3 is 0 Å². The predicted octanol–water partition coefficient (Wildman–Crippen LogP) is 13.2. The molecule has 10 aromatic rings. The number of ether oxygens (including phenoxy) is 1. The Morgan fingerprint density at radius 1 is 0.421 bits per heavy atom. The first-order valence-corrected chi connectivity index (χ1v) is 19.2. The van der Waals surface area contributed by atoms with Gasteiger partial charge in [-0.3, -0.25) is 0 Å². The van der Waals surface area contributed by atoms with E-state index in [1.807, 2.05) is 54.6 Å². The van der Waals surface area contributed by atoms with Gasteiger partial charge in [0, 0.05) is 44.0 Å². The minimum Gasteiger partial charge on any atom is -0.464 e. The highest BCUT2D eigenvalue weighted by Gasteiger charge is 2.27. The maximum atomic E-state index is 6.52. The number of hydrogen-bond donors (Lipinski definition) is 1. The van der Waals surface area contributed by atoms with Crippen molar-refractivity contribution in [2.45, 2.75) is 6.23 Å². The summed E-state index contributed by atoms with van der Waals surface area (Å²) >= 11 is 0. The third-order valence-electron chi connectivity index (χ3n) is 10.9. The summed E-state index contributed by atoms with van der Waals surface area (Å²) < 4.78 is 6.52. The van der Waals surface area contributed by atoms with Crippen LogP contribution in [0.2, 0.25) is 0 Å². The maximum absolute atomic E-state index is 6.52. The van der Waals surface area contributed by atoms with Crippen LogP contribution in [-0.2, 0) is 0 Å². The number of fused-ring (bicyclic) bond motifs is 6. The molecule has 0 spiro atoms. The van der Waals surface area contributed by atoms with Crippen molar-refractivity contribution in [2.24, 2.45) is 0 Å². The van der Waals surface area contributed by atoms with Gasteiger partial charge in [0.25, 0.3) is 0 Å². The largest absolute Gasteiger partial charge is 0.464 e. The summed E-state index contributed by atoms with van der Waals surface area (Å²) in [6.45, 7) is 0. The Kier molecular flexibility index (Phi) is 7.81. The van der Waals surface area contributed by atoms with Gasteiger partial charge in [-0.05, 0) is 52.2 Å². The Morgan fingerprint density at radius 3 is 1.77 bits per heavy atom. The molecule has 0 radical (unpaired) electrons. The van der Waals surface area contributed by atoms with Crippen LogP contribution in [-0.4, -0.2) is 15.0 Å². The zero-order valence-corrected chi connectivity index (χ0v) is 30.8. The predicted molar refractivity (Wildman–Crippen MR) is 233 cm³/mol. The van der Waals surface area contributed by atoms with Crippen LogP contribution in [0.25, 0.3) is 88.7 Å². The molecule has 1 atom stereocenters. The van der Waals surface area contributed by atoms with Gasteiger partial charge in [-0.25, -0.2) is 15.0 Å². The topological polar surface area (TPSA) is 59.9 Å². The van der Waals surface area contributed by atoms with E-state index >= 15 is 0 Å². The van der Waals surface area contributed by atoms with E-state index in [4.69, 9.17) is 19.7 Å². The monoisotopic (exact) mass is 730 g/mol. The molecule has 0 bridgehead atoms. The van der Waals surface area contributed by atoms with Crippen LogP contribution in [0.3, 0.4) is 0 Å². The average molecular weight is 731 g/mol. The standard InChI is InChI=1S/C52H34N4O/c1-4-13-35(14-5-1)44-32-45(55-51(54-44)37-15-6-2-7-16-37)36-23-20-34(21-24-36)40-26-27-42-46(31-40)53-49(41-25-22-33-12-10-11-19-39(33)30-41)43-28-29-47-50(48(42)43)56-52(57-47)38-17-8-3-9-18-38/h1-32,52,56H. The van der Waals surface area contributed by atoms with Gasteiger partial charge in [0.2, 0.25) is 0 Å². The molecule has 0 fully saturated rings. The van der Waals surface area contributed by atoms with Crippen LogP contribution in [0, 0.1) is 0 Å². The molecule has 0 aliphatic carbocycles. The SMILES string of the molecule is c1ccc(-c2cc(-c3ccc(-c4ccc5c(c4)nc(-c4ccc6ccccc6c4)c4ccc6c(c45)NC(c4ccccc4)O6)cc3)nc(-c3ccccc3)n2)cc1. The van der Waals surface area contributed by atoms with E-state index in [2.05, 4.69) is 145 Å². The van der Waals surface area contributed by atoms with Crippen LogP contribution in [0.15, 0.2) is 194 Å². The van der Waals surface area contributed by atoms with Crippen molar-refractivity contribution in [3.05, 3.63) is 200 Å². The molecule has 1 aliphatic heterocycles. The Bertz CT molecular complexity index is 3060. The first kappa shape index (κ1) is 32.8. The minimum absolute atomic E-state index is 0.278. The number of rotatable bonds is 6. The second-order valence-corrected chi connectivity index (χ2v) is 14.4. The van der Waals surface area contributed by atoms with Gasteiger partial charge in [0.05, 0.1) is 28.3 Å². The fourth-order valence-corrected chi connectivity index (χ4v) is 8.02. The van der Waals surface area contributed by atoms with E-state index in [1.165, 1.54) is 10.8 Å². The summed E-state index contributed by atoms with van der Waals surface area (Å²) in [4.78, 5) is 15.4. The molecule has 3 heterocycles. The summed E-state index contributed by atoms with van der Waals surface area (Å²) in [6, 6.07) is 67.4. The van der Waals surface area contributed by atoms with Crippen molar-refractivity contribution < 1.29 is 4.74 Å². The van der Waals surface area contributed by atoms with Gasteiger partial charge in [-0.15, -0.1) is 0 Å². The first-order valence-electron chi connectivity index (χ1n) is 19.2. The van der Waals surface area contributed by atoms with Gasteiger partial charge in [-0.1, -0.05) is 164 Å². The van der Waals surface area contributed by atoms with E-state index < -0.39 is 0 Å². The number of anilines is 1. The highest BCUT2D eigenvalue weighted by molar-refractivity contribution is 6.18. The Labute approximate surface area is 330 Å². The van der Waals surface area contributed by atoms with Crippen molar-refractivity contribution >= 4 is 38.1 Å². The number of pyridine rings is 1. The maximum Gasteiger partial charge on any atom is 0.196 e. The molecule has 5 heteroatoms.